The van der Waals surface area contributed by atoms with Crippen LogP contribution in [0.3, 0.4) is 0 Å². The van der Waals surface area contributed by atoms with Gasteiger partial charge in [0.05, 0.1) is 112 Å². The van der Waals surface area contributed by atoms with Crippen molar-refractivity contribution in [2.75, 3.05) is 73.8 Å². The number of aliphatic hydroxyl groups excluding tert-OH is 4. The van der Waals surface area contributed by atoms with E-state index in [9.17, 15) is 73.9 Å². The number of aromatic amines is 1. The predicted molar refractivity (Wildman–Crippen MR) is 446 cm³/mol. The van der Waals surface area contributed by atoms with Crippen molar-refractivity contribution >= 4 is 129 Å². The van der Waals surface area contributed by atoms with E-state index in [1.54, 1.807) is 51.8 Å². The van der Waals surface area contributed by atoms with Crippen LogP contribution in [0.25, 0.3) is 87.8 Å². The van der Waals surface area contributed by atoms with Gasteiger partial charge in [0, 0.05) is 184 Å². The summed E-state index contributed by atoms with van der Waals surface area (Å²) < 4.78 is 43.8. The Kier molecular flexibility index (Phi) is 23.7. The van der Waals surface area contributed by atoms with Crippen molar-refractivity contribution in [1.82, 2.24) is 78.9 Å². The van der Waals surface area contributed by atoms with Gasteiger partial charge in [0.25, 0.3) is 5.91 Å². The van der Waals surface area contributed by atoms with Crippen molar-refractivity contribution in [3.05, 3.63) is 113 Å². The Morgan fingerprint density at radius 2 is 1.07 bits per heavy atom. The third-order valence-electron chi connectivity index (χ3n) is 23.2. The molecule has 0 radical (unpaired) electrons. The molecule has 628 valence electrons. The molecule has 1 aliphatic carbocycles. The number of carbonyl (C=O) groups excluding carboxylic acids is 5. The van der Waals surface area contributed by atoms with Gasteiger partial charge in [-0.15, -0.1) is 22.7 Å². The molecule has 12 aromatic heterocycles. The minimum Gasteiger partial charge on any atom is -0.391 e. The maximum atomic E-state index is 14.4. The fourth-order valence-corrected chi connectivity index (χ4v) is 21.0. The first-order valence-electron chi connectivity index (χ1n) is 39.7. The fourth-order valence-electron chi connectivity index (χ4n) is 17.8. The van der Waals surface area contributed by atoms with Gasteiger partial charge in [0.15, 0.2) is 20.6 Å². The Balaban J connectivity index is 0.744. The Morgan fingerprint density at radius 3 is 1.63 bits per heavy atom. The highest BCUT2D eigenvalue weighted by Crippen LogP contribution is 2.46. The zero-order chi connectivity index (χ0) is 85.4. The number of nitrogens with zero attached hydrogens (tertiary/aromatic N) is 18. The molecule has 9 atom stereocenters. The average Bonchev–Trinajstić information content (AvgIpc) is 1.59. The Bertz CT molecular complexity index is 6340. The van der Waals surface area contributed by atoms with Crippen molar-refractivity contribution in [2.45, 2.75) is 145 Å². The van der Waals surface area contributed by atoms with Crippen LogP contribution in [0.2, 0.25) is 0 Å². The molecule has 12 aromatic rings. The summed E-state index contributed by atoms with van der Waals surface area (Å²) in [5, 5.41) is 110. The molecule has 0 aromatic carbocycles. The topological polar surface area (TPSA) is 525 Å². The molecule has 1 unspecified atom stereocenters. The van der Waals surface area contributed by atoms with Gasteiger partial charge in [-0.05, 0) is 74.6 Å². The van der Waals surface area contributed by atoms with Gasteiger partial charge in [-0.1, -0.05) is 17.2 Å². The smallest absolute Gasteiger partial charge is 0.289 e. The van der Waals surface area contributed by atoms with Gasteiger partial charge in [0.2, 0.25) is 23.5 Å². The first kappa shape index (κ1) is 82.6. The number of nitrogens with one attached hydrogen (secondary N) is 6. The van der Waals surface area contributed by atoms with Gasteiger partial charge < -0.3 is 89.4 Å². The summed E-state index contributed by atoms with van der Waals surface area (Å²) in [6, 6.07) is 15.9. The van der Waals surface area contributed by atoms with Crippen LogP contribution < -0.4 is 26.6 Å². The molecular weight excluding hydrogens is 1630 g/mol. The maximum Gasteiger partial charge on any atom is 0.289 e. The molecule has 16 rings (SSSR count). The quantitative estimate of drug-likeness (QED) is 0.0232. The summed E-state index contributed by atoms with van der Waals surface area (Å²) in [7, 11) is -2.53. The van der Waals surface area contributed by atoms with E-state index in [4.69, 9.17) is 29.0 Å². The van der Waals surface area contributed by atoms with Crippen molar-refractivity contribution in [2.24, 2.45) is 17.8 Å². The van der Waals surface area contributed by atoms with E-state index >= 15 is 0 Å². The van der Waals surface area contributed by atoms with Crippen LogP contribution >= 0.6 is 22.7 Å². The summed E-state index contributed by atoms with van der Waals surface area (Å²) in [5.41, 5.74) is 7.22. The number of sulfone groups is 1. The number of carbonyl (C=O) groups is 5. The number of Topliss-reactive ketones (excluding diaryl/α,β-unsaturated/α-hetero) is 1. The first-order valence-corrected chi connectivity index (χ1v) is 43.2. The molecule has 3 saturated heterocycles. The number of hydrogen-bond donors (Lipinski definition) is 10. The standard InChI is InChI=1S/C82H84N24O13S3/c1-43-20-47(34-102(32-43)68(112)5-13-84)94-74-56-11-19-106(78(56)92-31-59(74)80-97-63(40-108)66(41-109)120-80)51-25-49(36-104(38-51)70(114)7-15-86)96-73-54-9-17-101(76(54)90-30-60(73)81-98-82(122(3,116)117)67(42-110)121-81)33-44-21-45(64(111)4-12-83)23-46(22-44)93-72-55-10-18-105(77(55)91-29-58(72)62-27-65(119-100-62)79(115)87-2)50-24-48(35-103(37-50)69(113)6-14-85)95-71-53-8-16-88-75(53)89-28-57(71)61-26-52(39-107)118-99-61/h8-11,16-19,26-31,43-51,107-110H,4-7,20-25,32-42H2,1-3H3,(H,87,115)(H,90,96)(H,91,93)(H,92,94)(H2,88,89,95)/t43-,44+,45?,46+,47+,48+,49+,50-,51-/m0/s1. The number of aromatic nitrogens is 12. The summed E-state index contributed by atoms with van der Waals surface area (Å²) in [4.78, 5) is 107. The molecule has 10 N–H and O–H groups in total. The number of H-pyrrole nitrogens is 1. The number of rotatable bonds is 27. The first-order chi connectivity index (χ1) is 59.1. The molecule has 3 aliphatic heterocycles. The van der Waals surface area contributed by atoms with Crippen LogP contribution in [-0.2, 0) is 62.0 Å². The van der Waals surface area contributed by atoms with Crippen LogP contribution in [0.5, 0.6) is 0 Å². The Hall–Kier alpha value is -13.1. The SMILES string of the molecule is CNC(=O)c1cc(-c2cnc3c(ccn3[C@H]3C[C@@H](Nc4c(-c5cc(CO)on5)cnc5[nH]ccc45)CN(C(=O)CC#N)C3)c2N[C@H]2CC(C(=O)CC#N)C[C@@H](Cn3ccc4c(N[C@@H]5C[C@H](n6ccc7c(N[C@@H]8C[C@H](C)CN(C(=O)CC#N)C8)c(-c8nc(CO)c(CO)s8)cnc76)CN(C(=O)CC#N)C5)c(-c5nc(S(C)(=O)=O)c(CO)s5)cnc43)C2)no1. The largest absolute Gasteiger partial charge is 0.391 e. The zero-order valence-electron chi connectivity index (χ0n) is 66.4. The minimum absolute atomic E-state index is 0.0532. The lowest BCUT2D eigenvalue weighted by molar-refractivity contribution is -0.132. The highest BCUT2D eigenvalue weighted by atomic mass is 32.2. The van der Waals surface area contributed by atoms with E-state index in [0.29, 0.717) is 157 Å². The number of thiazole rings is 2. The van der Waals surface area contributed by atoms with Crippen LogP contribution in [-0.4, -0.2) is 209 Å². The molecule has 15 heterocycles. The number of piperidine rings is 3. The molecule has 0 bridgehead atoms. The Labute approximate surface area is 704 Å². The second kappa shape index (κ2) is 34.9. The molecule has 1 saturated carbocycles. The lowest BCUT2D eigenvalue weighted by Gasteiger charge is -2.39. The van der Waals surface area contributed by atoms with Gasteiger partial charge in [-0.3, -0.25) is 24.0 Å². The lowest BCUT2D eigenvalue weighted by atomic mass is 9.76. The minimum atomic E-state index is -3.99. The highest BCUT2D eigenvalue weighted by molar-refractivity contribution is 7.90. The van der Waals surface area contributed by atoms with Crippen molar-refractivity contribution in [3.8, 4) is 67.9 Å². The lowest BCUT2D eigenvalue weighted by Crippen LogP contribution is -2.49. The van der Waals surface area contributed by atoms with E-state index < -0.39 is 77.4 Å². The molecule has 4 aliphatic rings. The average molecular weight is 1710 g/mol. The summed E-state index contributed by atoms with van der Waals surface area (Å²) >= 11 is 2.18. The molecule has 0 spiro atoms. The number of fused-ring (bicyclic) bond motifs is 4. The molecule has 37 nitrogen and oxygen atoms in total. The number of likely N-dealkylation sites (tertiary alicyclic amines) is 3. The number of nitriles is 4. The molecule has 4 fully saturated rings. The van der Waals surface area contributed by atoms with Gasteiger partial charge in [0.1, 0.15) is 75.6 Å². The number of hydrogen-bond acceptors (Lipinski definition) is 31. The summed E-state index contributed by atoms with van der Waals surface area (Å²) in [6.45, 7) is 1.91. The van der Waals surface area contributed by atoms with Crippen LogP contribution in [0.1, 0.15) is 115 Å². The number of ketones is 1. The number of aliphatic hydroxyl groups is 4. The number of anilines is 4. The highest BCUT2D eigenvalue weighted by Gasteiger charge is 2.40. The van der Waals surface area contributed by atoms with Crippen LogP contribution in [0.15, 0.2) is 100 Å². The van der Waals surface area contributed by atoms with Gasteiger partial charge in [-0.25, -0.2) is 38.3 Å². The third-order valence-corrected chi connectivity index (χ3v) is 26.5. The summed E-state index contributed by atoms with van der Waals surface area (Å²) in [5.74, 6) is -2.60. The zero-order valence-corrected chi connectivity index (χ0v) is 68.8. The second-order valence-corrected chi connectivity index (χ2v) is 35.5. The van der Waals surface area contributed by atoms with Crippen molar-refractivity contribution in [1.29, 1.82) is 21.0 Å². The van der Waals surface area contributed by atoms with Crippen molar-refractivity contribution < 1.29 is 61.9 Å². The summed E-state index contributed by atoms with van der Waals surface area (Å²) in [6.07, 6.45) is 16.0. The molecule has 122 heavy (non-hydrogen) atoms. The monoisotopic (exact) mass is 1710 g/mol. The van der Waals surface area contributed by atoms with Gasteiger partial charge in [-0.2, -0.15) is 21.0 Å². The van der Waals surface area contributed by atoms with E-state index in [-0.39, 0.29) is 133 Å². The maximum absolute atomic E-state index is 14.4. The van der Waals surface area contributed by atoms with Crippen molar-refractivity contribution in [3.63, 3.8) is 0 Å². The van der Waals surface area contributed by atoms with Gasteiger partial charge >= 0.3 is 0 Å². The van der Waals surface area contributed by atoms with Crippen LogP contribution in [0, 0.1) is 63.1 Å². The normalized spacial score (nSPS) is 20.1. The van der Waals surface area contributed by atoms with E-state index in [2.05, 4.69) is 57.9 Å². The van der Waals surface area contributed by atoms with Crippen LogP contribution in [0.4, 0.5) is 22.7 Å². The van der Waals surface area contributed by atoms with E-state index in [1.807, 2.05) is 81.7 Å². The molecular formula is C82H84N24O13S3. The van der Waals surface area contributed by atoms with E-state index in [1.165, 1.54) is 24.5 Å². The molecule has 40 heteroatoms. The fraction of sp³-hybridized carbons (Fsp3) is 0.402. The number of pyridine rings is 4. The number of amides is 4. The van der Waals surface area contributed by atoms with E-state index in [0.717, 1.165) is 23.0 Å². The molecule has 4 amide bonds. The second-order valence-electron chi connectivity index (χ2n) is 31.4. The Morgan fingerprint density at radius 1 is 0.557 bits per heavy atom. The predicted octanol–water partition coefficient (Wildman–Crippen LogP) is 8.18. The third kappa shape index (κ3) is 16.5.